The Morgan fingerprint density at radius 2 is 1.24 bits per heavy atom. The second kappa shape index (κ2) is 12.9. The summed E-state index contributed by atoms with van der Waals surface area (Å²) in [6, 6.07) is 0. The molecular weight excluding hydrogens is 228 g/mol. The smallest absolute Gasteiger partial charge is 0.303 e. The van der Waals surface area contributed by atoms with Gasteiger partial charge in [0.2, 0.25) is 0 Å². The monoisotopic (exact) mass is 250 g/mol. The van der Waals surface area contributed by atoms with E-state index in [9.17, 15) is 9.59 Å². The van der Waals surface area contributed by atoms with Gasteiger partial charge >= 0.3 is 11.9 Å². The SMILES string of the molecule is CC(CO)CO.O=C(O)CCCCCC(=O)O. The molecule has 6 nitrogen and oxygen atoms in total. The largest absolute Gasteiger partial charge is 0.481 e. The van der Waals surface area contributed by atoms with Crippen molar-refractivity contribution in [2.75, 3.05) is 13.2 Å². The minimum absolute atomic E-state index is 0.0463. The molecule has 0 aromatic heterocycles. The lowest BCUT2D eigenvalue weighted by atomic mass is 10.1. The van der Waals surface area contributed by atoms with E-state index < -0.39 is 11.9 Å². The summed E-state index contributed by atoms with van der Waals surface area (Å²) in [6.45, 7) is 1.94. The maximum Gasteiger partial charge on any atom is 0.303 e. The van der Waals surface area contributed by atoms with Crippen molar-refractivity contribution in [3.8, 4) is 0 Å². The molecule has 0 radical (unpaired) electrons. The number of aliphatic carboxylic acids is 2. The number of carbonyl (C=O) groups is 2. The van der Waals surface area contributed by atoms with Crippen LogP contribution < -0.4 is 0 Å². The number of unbranched alkanes of at least 4 members (excludes halogenated alkanes) is 2. The van der Waals surface area contributed by atoms with Crippen LogP contribution in [-0.4, -0.2) is 45.6 Å². The summed E-state index contributed by atoms with van der Waals surface area (Å²) < 4.78 is 0. The molecule has 0 saturated heterocycles. The first kappa shape index (κ1) is 18.2. The third-order valence-electron chi connectivity index (χ3n) is 1.90. The van der Waals surface area contributed by atoms with Crippen LogP contribution in [-0.2, 0) is 9.59 Å². The van der Waals surface area contributed by atoms with Gasteiger partial charge in [-0.05, 0) is 12.8 Å². The van der Waals surface area contributed by atoms with Crippen LogP contribution in [0.1, 0.15) is 39.0 Å². The summed E-state index contributed by atoms with van der Waals surface area (Å²) in [5, 5.41) is 32.8. The van der Waals surface area contributed by atoms with Crippen molar-refractivity contribution in [2.24, 2.45) is 5.92 Å². The Balaban J connectivity index is 0. The third-order valence-corrected chi connectivity index (χ3v) is 1.90. The van der Waals surface area contributed by atoms with Crippen LogP contribution in [0.2, 0.25) is 0 Å². The van der Waals surface area contributed by atoms with Crippen molar-refractivity contribution in [1.82, 2.24) is 0 Å². The van der Waals surface area contributed by atoms with Crippen molar-refractivity contribution in [2.45, 2.75) is 39.0 Å². The molecular formula is C11H22O6. The quantitative estimate of drug-likeness (QED) is 0.472. The van der Waals surface area contributed by atoms with Gasteiger partial charge < -0.3 is 20.4 Å². The molecule has 0 saturated carbocycles. The van der Waals surface area contributed by atoms with Gasteiger partial charge in [0.25, 0.3) is 0 Å². The molecule has 0 aliphatic carbocycles. The number of aliphatic hydroxyl groups excluding tert-OH is 2. The highest BCUT2D eigenvalue weighted by Crippen LogP contribution is 2.02. The van der Waals surface area contributed by atoms with E-state index in [2.05, 4.69) is 0 Å². The molecule has 0 aliphatic rings. The molecule has 0 rings (SSSR count). The molecule has 0 fully saturated rings. The Hall–Kier alpha value is -1.14. The lowest BCUT2D eigenvalue weighted by molar-refractivity contribution is -0.137. The highest BCUT2D eigenvalue weighted by atomic mass is 16.4. The van der Waals surface area contributed by atoms with Crippen LogP contribution >= 0.6 is 0 Å². The predicted molar refractivity (Wildman–Crippen MR) is 61.7 cm³/mol. The fourth-order valence-electron chi connectivity index (χ4n) is 0.787. The summed E-state index contributed by atoms with van der Waals surface area (Å²) >= 11 is 0. The molecule has 6 heteroatoms. The number of aliphatic hydroxyl groups is 2. The Labute approximate surface area is 101 Å². The minimum atomic E-state index is -0.819. The molecule has 0 aromatic rings. The zero-order chi connectivity index (χ0) is 13.7. The van der Waals surface area contributed by atoms with E-state index in [1.807, 2.05) is 0 Å². The minimum Gasteiger partial charge on any atom is -0.481 e. The molecule has 17 heavy (non-hydrogen) atoms. The molecule has 0 unspecified atom stereocenters. The van der Waals surface area contributed by atoms with E-state index in [-0.39, 0.29) is 32.0 Å². The van der Waals surface area contributed by atoms with Gasteiger partial charge in [0.15, 0.2) is 0 Å². The highest BCUT2D eigenvalue weighted by Gasteiger charge is 1.98. The first-order valence-electron chi connectivity index (χ1n) is 5.59. The van der Waals surface area contributed by atoms with Crippen LogP contribution in [0.5, 0.6) is 0 Å². The van der Waals surface area contributed by atoms with E-state index in [0.717, 1.165) is 0 Å². The normalized spacial score (nSPS) is 9.65. The van der Waals surface area contributed by atoms with E-state index in [1.54, 1.807) is 6.92 Å². The van der Waals surface area contributed by atoms with E-state index >= 15 is 0 Å². The number of carboxylic acid groups (broad SMARTS) is 2. The Bertz CT molecular complexity index is 184. The summed E-state index contributed by atoms with van der Waals surface area (Å²) in [5.74, 6) is -1.59. The van der Waals surface area contributed by atoms with E-state index in [4.69, 9.17) is 20.4 Å². The molecule has 102 valence electrons. The van der Waals surface area contributed by atoms with Crippen LogP contribution in [0.3, 0.4) is 0 Å². The Morgan fingerprint density at radius 1 is 0.882 bits per heavy atom. The van der Waals surface area contributed by atoms with Gasteiger partial charge in [0, 0.05) is 32.0 Å². The average Bonchev–Trinajstić information content (AvgIpc) is 2.27. The van der Waals surface area contributed by atoms with Crippen molar-refractivity contribution in [1.29, 1.82) is 0 Å². The average molecular weight is 250 g/mol. The van der Waals surface area contributed by atoms with Crippen LogP contribution in [0, 0.1) is 5.92 Å². The molecule has 0 spiro atoms. The van der Waals surface area contributed by atoms with Crippen molar-refractivity contribution in [3.05, 3.63) is 0 Å². The van der Waals surface area contributed by atoms with Crippen LogP contribution in [0.25, 0.3) is 0 Å². The molecule has 0 bridgehead atoms. The molecule has 0 amide bonds. The predicted octanol–water partition coefficient (Wildman–Crippen LogP) is 0.713. The van der Waals surface area contributed by atoms with E-state index in [0.29, 0.717) is 19.3 Å². The molecule has 0 atom stereocenters. The van der Waals surface area contributed by atoms with Crippen molar-refractivity contribution < 1.29 is 30.0 Å². The van der Waals surface area contributed by atoms with Gasteiger partial charge in [-0.25, -0.2) is 0 Å². The van der Waals surface area contributed by atoms with Gasteiger partial charge in [0.05, 0.1) is 0 Å². The summed E-state index contributed by atoms with van der Waals surface area (Å²) in [4.78, 5) is 20.0. The number of hydrogen-bond donors (Lipinski definition) is 4. The lowest BCUT2D eigenvalue weighted by Gasteiger charge is -1.97. The van der Waals surface area contributed by atoms with E-state index in [1.165, 1.54) is 0 Å². The topological polar surface area (TPSA) is 115 Å². The van der Waals surface area contributed by atoms with Gasteiger partial charge in [-0.15, -0.1) is 0 Å². The number of hydrogen-bond acceptors (Lipinski definition) is 4. The van der Waals surface area contributed by atoms with Gasteiger partial charge in [0.1, 0.15) is 0 Å². The molecule has 0 aromatic carbocycles. The van der Waals surface area contributed by atoms with Crippen LogP contribution in [0.15, 0.2) is 0 Å². The second-order valence-corrected chi connectivity index (χ2v) is 3.82. The number of carboxylic acids is 2. The fourth-order valence-corrected chi connectivity index (χ4v) is 0.787. The van der Waals surface area contributed by atoms with Crippen molar-refractivity contribution in [3.63, 3.8) is 0 Å². The highest BCUT2D eigenvalue weighted by molar-refractivity contribution is 5.67. The maximum atomic E-state index is 9.98. The second-order valence-electron chi connectivity index (χ2n) is 3.82. The number of rotatable bonds is 8. The zero-order valence-electron chi connectivity index (χ0n) is 10.1. The summed E-state index contributed by atoms with van der Waals surface area (Å²) in [6.07, 6.45) is 2.10. The summed E-state index contributed by atoms with van der Waals surface area (Å²) in [5.41, 5.74) is 0. The standard InChI is InChI=1S/C7H12O4.C4H10O2/c8-6(9)4-2-1-3-5-7(10)11;1-4(2-5)3-6/h1-5H2,(H,8,9)(H,10,11);4-6H,2-3H2,1H3. The molecule has 0 aliphatic heterocycles. The van der Waals surface area contributed by atoms with Gasteiger partial charge in [-0.1, -0.05) is 13.3 Å². The zero-order valence-corrected chi connectivity index (χ0v) is 10.1. The van der Waals surface area contributed by atoms with Gasteiger partial charge in [-0.3, -0.25) is 9.59 Å². The van der Waals surface area contributed by atoms with Crippen molar-refractivity contribution >= 4 is 11.9 Å². The Kier molecular flexibility index (Phi) is 13.9. The molecule has 0 heterocycles. The van der Waals surface area contributed by atoms with Crippen LogP contribution in [0.4, 0.5) is 0 Å². The first-order valence-corrected chi connectivity index (χ1v) is 5.59. The van der Waals surface area contributed by atoms with Gasteiger partial charge in [-0.2, -0.15) is 0 Å². The molecule has 4 N–H and O–H groups in total. The summed E-state index contributed by atoms with van der Waals surface area (Å²) in [7, 11) is 0. The Morgan fingerprint density at radius 3 is 1.41 bits per heavy atom. The third kappa shape index (κ3) is 20.8. The maximum absolute atomic E-state index is 9.98. The first-order chi connectivity index (χ1) is 7.93. The lowest BCUT2D eigenvalue weighted by Crippen LogP contribution is -2.04. The fraction of sp³-hybridized carbons (Fsp3) is 0.818.